The number of nitrogens with zero attached hydrogens (tertiary/aromatic N) is 2. The fourth-order valence-corrected chi connectivity index (χ4v) is 6.97. The lowest BCUT2D eigenvalue weighted by Crippen LogP contribution is -2.61. The predicted molar refractivity (Wildman–Crippen MR) is 233 cm³/mol. The molecule has 1 heterocycles. The van der Waals surface area contributed by atoms with Crippen LogP contribution >= 0.6 is 0 Å². The summed E-state index contributed by atoms with van der Waals surface area (Å²) in [5.41, 5.74) is 3.46. The number of unbranched alkanes of at least 4 members (excludes halogenated alkanes) is 1. The number of rotatable bonds is 18. The van der Waals surface area contributed by atoms with E-state index >= 15 is 0 Å². The van der Waals surface area contributed by atoms with Gasteiger partial charge in [0.25, 0.3) is 0 Å². The summed E-state index contributed by atoms with van der Waals surface area (Å²) in [4.78, 5) is 82.1. The van der Waals surface area contributed by atoms with Gasteiger partial charge in [-0.3, -0.25) is 29.3 Å². The van der Waals surface area contributed by atoms with Crippen molar-refractivity contribution in [3.8, 4) is 0 Å². The molecule has 1 unspecified atom stereocenters. The number of hydrogen-bond acceptors (Lipinski definition) is 7. The predicted octanol–water partition coefficient (Wildman–Crippen LogP) is 5.89. The summed E-state index contributed by atoms with van der Waals surface area (Å²) in [6.07, 6.45) is 6.30. The van der Waals surface area contributed by atoms with Crippen LogP contribution in [-0.4, -0.2) is 82.9 Å². The molecule has 0 aliphatic carbocycles. The molecule has 3 rings (SSSR count). The van der Waals surface area contributed by atoms with Crippen molar-refractivity contribution < 1.29 is 33.9 Å². The fraction of sp³-hybridized carbons (Fsp3) is 0.522. The lowest BCUT2D eigenvalue weighted by atomic mass is 9.85. The molecule has 0 saturated heterocycles. The highest BCUT2D eigenvalue weighted by atomic mass is 16.4. The Balaban J connectivity index is 1.54. The Morgan fingerprint density at radius 1 is 0.797 bits per heavy atom. The number of amides is 5. The van der Waals surface area contributed by atoms with Gasteiger partial charge in [0.15, 0.2) is 0 Å². The van der Waals surface area contributed by atoms with Crippen LogP contribution in [0.4, 0.5) is 5.69 Å². The van der Waals surface area contributed by atoms with Crippen molar-refractivity contribution in [2.24, 2.45) is 17.3 Å². The minimum absolute atomic E-state index is 0.0349. The Morgan fingerprint density at radius 3 is 2.00 bits per heavy atom. The van der Waals surface area contributed by atoms with E-state index in [-0.39, 0.29) is 48.0 Å². The van der Waals surface area contributed by atoms with E-state index in [1.165, 1.54) is 11.8 Å². The van der Waals surface area contributed by atoms with E-state index in [0.29, 0.717) is 19.4 Å². The highest BCUT2D eigenvalue weighted by Crippen LogP contribution is 2.30. The normalized spacial score (nSPS) is 15.9. The molecule has 2 aromatic carbocycles. The number of benzene rings is 2. The van der Waals surface area contributed by atoms with E-state index in [0.717, 1.165) is 22.4 Å². The standard InChI is InChI=1S/C46H66N6O7/c1-28(2)37(26-30(5)45(58)59)51(11)44(57)41(46(8,9)10)48-32(7)49-42(55)31(6)47-43(56)40(29(3)4)50-38(53)22-16-17-23-39(54)52-27-35-20-13-12-18-33(35)24-25-34-19-14-15-21-36(34)52/h12-15,18-21,24-26,28-29,31-32,37,40-41,48H,16-17,22-23,27H2,1-11H3,(H,47,56)(H,49,55)(H,50,53)(H,58,59)/b25-24-,30-26+/t31-,32?,37+,40-,41+/m0/s1. The molecule has 1 aliphatic rings. The van der Waals surface area contributed by atoms with E-state index < -0.39 is 53.5 Å². The van der Waals surface area contributed by atoms with Crippen LogP contribution in [0.25, 0.3) is 12.2 Å². The number of nitrogens with one attached hydrogen (secondary N) is 4. The number of hydrogen-bond donors (Lipinski definition) is 5. The number of anilines is 1. The van der Waals surface area contributed by atoms with E-state index in [9.17, 15) is 33.9 Å². The van der Waals surface area contributed by atoms with Gasteiger partial charge in [0.2, 0.25) is 29.5 Å². The van der Waals surface area contributed by atoms with Gasteiger partial charge in [-0.1, -0.05) is 109 Å². The maximum absolute atomic E-state index is 13.9. The molecule has 0 radical (unpaired) electrons. The van der Waals surface area contributed by atoms with Crippen molar-refractivity contribution in [1.82, 2.24) is 26.2 Å². The maximum Gasteiger partial charge on any atom is 0.331 e. The van der Waals surface area contributed by atoms with Crippen molar-refractivity contribution in [2.75, 3.05) is 11.9 Å². The minimum Gasteiger partial charge on any atom is -0.478 e. The molecule has 5 amide bonds. The first-order valence-corrected chi connectivity index (χ1v) is 20.6. The van der Waals surface area contributed by atoms with E-state index in [1.54, 1.807) is 45.7 Å². The summed E-state index contributed by atoms with van der Waals surface area (Å²) in [7, 11) is 1.64. The Labute approximate surface area is 350 Å². The Hall–Kier alpha value is -5.30. The van der Waals surface area contributed by atoms with Gasteiger partial charge >= 0.3 is 5.97 Å². The average Bonchev–Trinajstić information content (AvgIpc) is 3.15. The highest BCUT2D eigenvalue weighted by molar-refractivity contribution is 5.97. The molecular formula is C46H66N6O7. The van der Waals surface area contributed by atoms with Crippen molar-refractivity contribution >= 4 is 53.3 Å². The molecule has 0 spiro atoms. The van der Waals surface area contributed by atoms with Crippen LogP contribution in [0.5, 0.6) is 0 Å². The first kappa shape index (κ1) is 48.1. The molecule has 5 N–H and O–H groups in total. The first-order valence-electron chi connectivity index (χ1n) is 20.6. The van der Waals surface area contributed by atoms with Gasteiger partial charge in [-0.2, -0.15) is 0 Å². The second kappa shape index (κ2) is 21.6. The number of likely N-dealkylation sites (N-methyl/N-ethyl adjacent to an activating group) is 1. The third-order valence-electron chi connectivity index (χ3n) is 10.5. The van der Waals surface area contributed by atoms with Crippen LogP contribution in [0.15, 0.2) is 60.2 Å². The summed E-state index contributed by atoms with van der Waals surface area (Å²) < 4.78 is 0. The lowest BCUT2D eigenvalue weighted by Gasteiger charge is -2.39. The molecule has 13 heteroatoms. The van der Waals surface area contributed by atoms with Crippen molar-refractivity contribution in [3.63, 3.8) is 0 Å². The molecule has 0 bridgehead atoms. The van der Waals surface area contributed by atoms with Crippen LogP contribution in [0.3, 0.4) is 0 Å². The number of carbonyl (C=O) groups is 6. The molecule has 0 aromatic heterocycles. The molecule has 322 valence electrons. The summed E-state index contributed by atoms with van der Waals surface area (Å²) in [5, 5.41) is 21.0. The summed E-state index contributed by atoms with van der Waals surface area (Å²) in [5.74, 6) is -3.03. The highest BCUT2D eigenvalue weighted by Gasteiger charge is 2.37. The Bertz CT molecular complexity index is 1880. The average molecular weight is 815 g/mol. The van der Waals surface area contributed by atoms with Gasteiger partial charge in [0.1, 0.15) is 12.1 Å². The SMILES string of the molecule is C/C(=C\[C@H](C(C)C)N(C)C(=O)[C@@H](NC(C)NC(=O)[C@H](C)NC(=O)[C@@H](NC(=O)CCCCC(=O)N1Cc2ccccc2/C=C\c2ccccc21)C(C)C)C(C)(C)C)C(=O)O. The van der Waals surface area contributed by atoms with Crippen molar-refractivity contribution in [1.29, 1.82) is 0 Å². The molecule has 0 saturated carbocycles. The minimum atomic E-state index is -1.06. The number of aliphatic carboxylic acids is 1. The van der Waals surface area contributed by atoms with Crippen molar-refractivity contribution in [2.45, 2.75) is 132 Å². The zero-order valence-electron chi connectivity index (χ0n) is 36.7. The zero-order valence-corrected chi connectivity index (χ0v) is 36.7. The molecule has 13 nitrogen and oxygen atoms in total. The second-order valence-corrected chi connectivity index (χ2v) is 17.3. The Morgan fingerprint density at radius 2 is 1.39 bits per heavy atom. The smallest absolute Gasteiger partial charge is 0.331 e. The van der Waals surface area contributed by atoms with E-state index in [4.69, 9.17) is 0 Å². The summed E-state index contributed by atoms with van der Waals surface area (Å²) in [6, 6.07) is 12.7. The largest absolute Gasteiger partial charge is 0.478 e. The van der Waals surface area contributed by atoms with Gasteiger partial charge in [0, 0.05) is 25.5 Å². The van der Waals surface area contributed by atoms with Crippen LogP contribution in [0, 0.1) is 17.3 Å². The molecule has 5 atom stereocenters. The topological polar surface area (TPSA) is 177 Å². The quantitative estimate of drug-likeness (QED) is 0.0703. The monoisotopic (exact) mass is 814 g/mol. The molecule has 0 fully saturated rings. The van der Waals surface area contributed by atoms with Crippen LogP contribution in [-0.2, 0) is 35.3 Å². The van der Waals surface area contributed by atoms with E-state index in [1.807, 2.05) is 89.2 Å². The molecule has 2 aromatic rings. The second-order valence-electron chi connectivity index (χ2n) is 17.3. The van der Waals surface area contributed by atoms with Gasteiger partial charge < -0.3 is 30.9 Å². The van der Waals surface area contributed by atoms with Crippen LogP contribution in [0.2, 0.25) is 0 Å². The first-order chi connectivity index (χ1) is 27.6. The molecular weight excluding hydrogens is 749 g/mol. The maximum atomic E-state index is 13.9. The van der Waals surface area contributed by atoms with Gasteiger partial charge in [-0.05, 0) is 73.6 Å². The number of fused-ring (bicyclic) bond motifs is 2. The number of carboxylic acids is 1. The third-order valence-corrected chi connectivity index (χ3v) is 10.5. The number of carboxylic acid groups (broad SMARTS) is 1. The van der Waals surface area contributed by atoms with Gasteiger partial charge in [-0.25, -0.2) is 4.79 Å². The summed E-state index contributed by atoms with van der Waals surface area (Å²) in [6.45, 7) is 18.3. The van der Waals surface area contributed by atoms with Gasteiger partial charge in [-0.15, -0.1) is 0 Å². The van der Waals surface area contributed by atoms with Gasteiger partial charge in [0.05, 0.1) is 30.5 Å². The fourth-order valence-electron chi connectivity index (χ4n) is 6.97. The van der Waals surface area contributed by atoms with Crippen molar-refractivity contribution in [3.05, 3.63) is 76.9 Å². The lowest BCUT2D eigenvalue weighted by molar-refractivity contribution is -0.138. The third kappa shape index (κ3) is 13.9. The zero-order chi connectivity index (χ0) is 44.2. The van der Waals surface area contributed by atoms with E-state index in [2.05, 4.69) is 27.3 Å². The van der Waals surface area contributed by atoms with Crippen LogP contribution < -0.4 is 26.2 Å². The Kier molecular flexibility index (Phi) is 17.6. The number of para-hydroxylation sites is 1. The summed E-state index contributed by atoms with van der Waals surface area (Å²) >= 11 is 0. The van der Waals surface area contributed by atoms with Crippen LogP contribution in [0.1, 0.15) is 112 Å². The molecule has 59 heavy (non-hydrogen) atoms. The molecule has 1 aliphatic heterocycles. The number of carbonyl (C=O) groups excluding carboxylic acids is 5.